The Labute approximate surface area is 117 Å². The largest absolute Gasteiger partial charge is 0.466 e. The Kier molecular flexibility index (Phi) is 6.98. The fourth-order valence-electron chi connectivity index (χ4n) is 1.71. The summed E-state index contributed by atoms with van der Waals surface area (Å²) in [5, 5.41) is 0. The van der Waals surface area contributed by atoms with Gasteiger partial charge in [0.25, 0.3) is 0 Å². The molecule has 1 rings (SSSR count). The molecule has 0 spiro atoms. The summed E-state index contributed by atoms with van der Waals surface area (Å²) in [5.41, 5.74) is 1.27. The molecule has 0 saturated carbocycles. The smallest absolute Gasteiger partial charge is 0.305 e. The molecular formula is C14H20BrNO2. The summed E-state index contributed by atoms with van der Waals surface area (Å²) in [6, 6.07) is 8.29. The fourth-order valence-corrected chi connectivity index (χ4v) is 1.97. The second kappa shape index (κ2) is 8.27. The molecular weight excluding hydrogens is 294 g/mol. The highest BCUT2D eigenvalue weighted by molar-refractivity contribution is 9.10. The topological polar surface area (TPSA) is 29.5 Å². The maximum absolute atomic E-state index is 11.2. The normalized spacial score (nSPS) is 10.7. The highest BCUT2D eigenvalue weighted by atomic mass is 79.9. The lowest BCUT2D eigenvalue weighted by atomic mass is 10.2. The molecule has 0 radical (unpaired) electrons. The van der Waals surface area contributed by atoms with Crippen LogP contribution in [0.5, 0.6) is 0 Å². The van der Waals surface area contributed by atoms with Crippen molar-refractivity contribution < 1.29 is 9.53 Å². The second-order valence-electron chi connectivity index (χ2n) is 4.27. The molecule has 18 heavy (non-hydrogen) atoms. The van der Waals surface area contributed by atoms with E-state index in [1.165, 1.54) is 5.56 Å². The molecule has 0 unspecified atom stereocenters. The number of rotatable bonds is 7. The molecule has 0 aliphatic carbocycles. The van der Waals surface area contributed by atoms with Gasteiger partial charge < -0.3 is 9.64 Å². The van der Waals surface area contributed by atoms with E-state index in [1.54, 1.807) is 0 Å². The van der Waals surface area contributed by atoms with Crippen LogP contribution in [0.4, 0.5) is 0 Å². The van der Waals surface area contributed by atoms with Gasteiger partial charge in [-0.15, -0.1) is 0 Å². The third-order valence-electron chi connectivity index (χ3n) is 2.59. The van der Waals surface area contributed by atoms with Gasteiger partial charge in [0, 0.05) is 17.4 Å². The Morgan fingerprint density at radius 1 is 1.33 bits per heavy atom. The maximum Gasteiger partial charge on any atom is 0.305 e. The standard InChI is InChI=1S/C14H20BrNO2/c1-3-18-14(17)5-4-10-16(2)11-12-6-8-13(15)9-7-12/h6-9H,3-5,10-11H2,1-2H3. The summed E-state index contributed by atoms with van der Waals surface area (Å²) in [4.78, 5) is 13.4. The summed E-state index contributed by atoms with van der Waals surface area (Å²) < 4.78 is 5.99. The molecule has 0 heterocycles. The Hall–Kier alpha value is -0.870. The first-order valence-electron chi connectivity index (χ1n) is 6.20. The monoisotopic (exact) mass is 313 g/mol. The maximum atomic E-state index is 11.2. The Morgan fingerprint density at radius 2 is 2.00 bits per heavy atom. The number of carbonyl (C=O) groups is 1. The molecule has 1 aromatic rings. The van der Waals surface area contributed by atoms with Gasteiger partial charge in [0.05, 0.1) is 6.61 Å². The summed E-state index contributed by atoms with van der Waals surface area (Å²) in [5.74, 6) is -0.102. The van der Waals surface area contributed by atoms with E-state index in [4.69, 9.17) is 4.74 Å². The molecule has 0 saturated heterocycles. The first-order chi connectivity index (χ1) is 8.61. The van der Waals surface area contributed by atoms with Crippen LogP contribution < -0.4 is 0 Å². The summed E-state index contributed by atoms with van der Waals surface area (Å²) in [6.45, 7) is 4.09. The van der Waals surface area contributed by atoms with Crippen LogP contribution >= 0.6 is 15.9 Å². The van der Waals surface area contributed by atoms with Gasteiger partial charge in [-0.1, -0.05) is 28.1 Å². The van der Waals surface area contributed by atoms with Gasteiger partial charge in [0.2, 0.25) is 0 Å². The Balaban J connectivity index is 2.23. The lowest BCUT2D eigenvalue weighted by Gasteiger charge is -2.16. The van der Waals surface area contributed by atoms with Crippen LogP contribution in [0.2, 0.25) is 0 Å². The molecule has 0 N–H and O–H groups in total. The van der Waals surface area contributed by atoms with E-state index in [0.717, 1.165) is 24.0 Å². The van der Waals surface area contributed by atoms with Crippen LogP contribution in [0.15, 0.2) is 28.7 Å². The van der Waals surface area contributed by atoms with Crippen molar-refractivity contribution >= 4 is 21.9 Å². The van der Waals surface area contributed by atoms with Crippen molar-refractivity contribution in [3.8, 4) is 0 Å². The predicted octanol–water partition coefficient (Wildman–Crippen LogP) is 3.22. The molecule has 3 nitrogen and oxygen atoms in total. The van der Waals surface area contributed by atoms with Gasteiger partial charge >= 0.3 is 5.97 Å². The number of carbonyl (C=O) groups excluding carboxylic acids is 1. The van der Waals surface area contributed by atoms with E-state index in [0.29, 0.717) is 13.0 Å². The van der Waals surface area contributed by atoms with Crippen molar-refractivity contribution in [1.29, 1.82) is 0 Å². The first kappa shape index (κ1) is 15.2. The van der Waals surface area contributed by atoms with Gasteiger partial charge in [-0.2, -0.15) is 0 Å². The molecule has 0 bridgehead atoms. The number of hydrogen-bond donors (Lipinski definition) is 0. The minimum Gasteiger partial charge on any atom is -0.466 e. The summed E-state index contributed by atoms with van der Waals surface area (Å²) in [7, 11) is 2.06. The van der Waals surface area contributed by atoms with Gasteiger partial charge in [-0.3, -0.25) is 4.79 Å². The molecule has 0 aromatic heterocycles. The molecule has 0 amide bonds. The Bertz CT molecular complexity index is 365. The van der Waals surface area contributed by atoms with Gasteiger partial charge in [-0.05, 0) is 44.6 Å². The van der Waals surface area contributed by atoms with E-state index >= 15 is 0 Å². The van der Waals surface area contributed by atoms with E-state index in [9.17, 15) is 4.79 Å². The average molecular weight is 314 g/mol. The lowest BCUT2D eigenvalue weighted by Crippen LogP contribution is -2.20. The van der Waals surface area contributed by atoms with E-state index in [1.807, 2.05) is 19.1 Å². The fraction of sp³-hybridized carbons (Fsp3) is 0.500. The van der Waals surface area contributed by atoms with E-state index < -0.39 is 0 Å². The molecule has 0 atom stereocenters. The molecule has 0 aliphatic rings. The quantitative estimate of drug-likeness (QED) is 0.724. The highest BCUT2D eigenvalue weighted by Gasteiger charge is 2.04. The number of nitrogens with zero attached hydrogens (tertiary/aromatic N) is 1. The van der Waals surface area contributed by atoms with Crippen molar-refractivity contribution in [1.82, 2.24) is 4.90 Å². The average Bonchev–Trinajstić information content (AvgIpc) is 2.32. The second-order valence-corrected chi connectivity index (χ2v) is 5.19. The van der Waals surface area contributed by atoms with Crippen molar-refractivity contribution in [2.75, 3.05) is 20.2 Å². The number of halogens is 1. The predicted molar refractivity (Wildman–Crippen MR) is 76.3 cm³/mol. The van der Waals surface area contributed by atoms with Crippen LogP contribution in [0.1, 0.15) is 25.3 Å². The number of benzene rings is 1. The van der Waals surface area contributed by atoms with Crippen LogP contribution in [0.3, 0.4) is 0 Å². The molecule has 0 aliphatic heterocycles. The van der Waals surface area contributed by atoms with E-state index in [2.05, 4.69) is 40.0 Å². The first-order valence-corrected chi connectivity index (χ1v) is 6.99. The van der Waals surface area contributed by atoms with Crippen LogP contribution in [-0.2, 0) is 16.1 Å². The van der Waals surface area contributed by atoms with Crippen LogP contribution in [0, 0.1) is 0 Å². The van der Waals surface area contributed by atoms with Crippen molar-refractivity contribution in [3.05, 3.63) is 34.3 Å². The van der Waals surface area contributed by atoms with Gasteiger partial charge in [0.15, 0.2) is 0 Å². The van der Waals surface area contributed by atoms with Crippen LogP contribution in [-0.4, -0.2) is 31.1 Å². The third-order valence-corrected chi connectivity index (χ3v) is 3.12. The zero-order chi connectivity index (χ0) is 13.4. The van der Waals surface area contributed by atoms with Crippen molar-refractivity contribution in [2.45, 2.75) is 26.3 Å². The summed E-state index contributed by atoms with van der Waals surface area (Å²) in [6.07, 6.45) is 1.34. The minimum absolute atomic E-state index is 0.102. The third kappa shape index (κ3) is 6.17. The van der Waals surface area contributed by atoms with E-state index in [-0.39, 0.29) is 5.97 Å². The van der Waals surface area contributed by atoms with Crippen LogP contribution in [0.25, 0.3) is 0 Å². The molecule has 100 valence electrons. The zero-order valence-corrected chi connectivity index (χ0v) is 12.6. The number of ether oxygens (including phenoxy) is 1. The summed E-state index contributed by atoms with van der Waals surface area (Å²) >= 11 is 3.42. The molecule has 1 aromatic carbocycles. The van der Waals surface area contributed by atoms with Crippen molar-refractivity contribution in [3.63, 3.8) is 0 Å². The number of hydrogen-bond acceptors (Lipinski definition) is 3. The number of esters is 1. The van der Waals surface area contributed by atoms with Gasteiger partial charge in [-0.25, -0.2) is 0 Å². The molecule has 0 fully saturated rings. The van der Waals surface area contributed by atoms with Crippen molar-refractivity contribution in [2.24, 2.45) is 0 Å². The SMILES string of the molecule is CCOC(=O)CCCN(C)Cc1ccc(Br)cc1. The lowest BCUT2D eigenvalue weighted by molar-refractivity contribution is -0.143. The Morgan fingerprint density at radius 3 is 2.61 bits per heavy atom. The minimum atomic E-state index is -0.102. The zero-order valence-electron chi connectivity index (χ0n) is 11.0. The highest BCUT2D eigenvalue weighted by Crippen LogP contribution is 2.12. The van der Waals surface area contributed by atoms with Gasteiger partial charge in [0.1, 0.15) is 0 Å². The molecule has 4 heteroatoms.